The average Bonchev–Trinajstić information content (AvgIpc) is 2.73. The van der Waals surface area contributed by atoms with E-state index in [1.807, 2.05) is 49.4 Å². The second-order valence-corrected chi connectivity index (χ2v) is 6.46. The Kier molecular flexibility index (Phi) is 6.52. The van der Waals surface area contributed by atoms with Gasteiger partial charge in [0.2, 0.25) is 5.96 Å². The molecule has 0 bridgehead atoms. The first-order valence-corrected chi connectivity index (χ1v) is 9.32. The molecule has 3 rings (SSSR count). The molecule has 0 saturated carbocycles. The zero-order valence-corrected chi connectivity index (χ0v) is 16.1. The number of hydrogen-bond acceptors (Lipinski definition) is 3. The van der Waals surface area contributed by atoms with Crippen LogP contribution >= 0.6 is 0 Å². The number of aromatic nitrogens is 1. The van der Waals surface area contributed by atoms with Gasteiger partial charge in [-0.15, -0.1) is 0 Å². The topological polar surface area (TPSA) is 66.4 Å². The predicted octanol–water partition coefficient (Wildman–Crippen LogP) is 4.35. The van der Waals surface area contributed by atoms with Crippen molar-refractivity contribution in [3.8, 4) is 0 Å². The molecule has 1 amide bonds. The highest BCUT2D eigenvalue weighted by Crippen LogP contribution is 2.11. The van der Waals surface area contributed by atoms with Crippen LogP contribution in [0.1, 0.15) is 34.0 Å². The molecule has 2 aromatic carbocycles. The molecule has 0 fully saturated rings. The van der Waals surface area contributed by atoms with E-state index in [1.165, 1.54) is 5.56 Å². The summed E-state index contributed by atoms with van der Waals surface area (Å²) in [5.74, 6) is 0.221. The highest BCUT2D eigenvalue weighted by atomic mass is 16.1. The molecule has 0 aliphatic rings. The summed E-state index contributed by atoms with van der Waals surface area (Å²) in [7, 11) is 0. The Balaban J connectivity index is 1.80. The van der Waals surface area contributed by atoms with Crippen molar-refractivity contribution in [2.45, 2.75) is 26.8 Å². The van der Waals surface area contributed by atoms with Gasteiger partial charge >= 0.3 is 0 Å². The summed E-state index contributed by atoms with van der Waals surface area (Å²) in [6.07, 6.45) is 4.44. The van der Waals surface area contributed by atoms with Crippen LogP contribution in [0, 0.1) is 6.92 Å². The van der Waals surface area contributed by atoms with E-state index < -0.39 is 0 Å². The van der Waals surface area contributed by atoms with E-state index >= 15 is 0 Å². The summed E-state index contributed by atoms with van der Waals surface area (Å²) in [6, 6.07) is 19.4. The number of benzene rings is 2. The van der Waals surface area contributed by atoms with Crippen LogP contribution in [0.3, 0.4) is 0 Å². The van der Waals surface area contributed by atoms with Crippen LogP contribution < -0.4 is 10.6 Å². The first-order chi connectivity index (χ1) is 13.7. The van der Waals surface area contributed by atoms with Gasteiger partial charge in [-0.2, -0.15) is 0 Å². The quantitative estimate of drug-likeness (QED) is 0.517. The van der Waals surface area contributed by atoms with Crippen molar-refractivity contribution in [2.24, 2.45) is 4.99 Å². The van der Waals surface area contributed by atoms with Gasteiger partial charge in [-0.05, 0) is 60.4 Å². The Morgan fingerprint density at radius 2 is 1.68 bits per heavy atom. The third-order valence-corrected chi connectivity index (χ3v) is 4.42. The minimum Gasteiger partial charge on any atom is -0.326 e. The van der Waals surface area contributed by atoms with Gasteiger partial charge in [-0.1, -0.05) is 37.3 Å². The van der Waals surface area contributed by atoms with E-state index in [9.17, 15) is 4.79 Å². The largest absolute Gasteiger partial charge is 0.326 e. The van der Waals surface area contributed by atoms with Gasteiger partial charge < -0.3 is 5.32 Å². The van der Waals surface area contributed by atoms with E-state index in [-0.39, 0.29) is 5.91 Å². The molecule has 0 atom stereocenters. The molecule has 1 heterocycles. The van der Waals surface area contributed by atoms with E-state index in [4.69, 9.17) is 0 Å². The Morgan fingerprint density at radius 1 is 0.964 bits per heavy atom. The van der Waals surface area contributed by atoms with Gasteiger partial charge in [0.1, 0.15) is 0 Å². The molecule has 28 heavy (non-hydrogen) atoms. The SMILES string of the molecule is CCc1ccc(NC(=NCc2ccncc2)NC(=O)c2ccccc2C)cc1. The summed E-state index contributed by atoms with van der Waals surface area (Å²) in [5, 5.41) is 6.13. The smallest absolute Gasteiger partial charge is 0.258 e. The maximum absolute atomic E-state index is 12.7. The first-order valence-electron chi connectivity index (χ1n) is 9.32. The van der Waals surface area contributed by atoms with Gasteiger partial charge in [0.15, 0.2) is 0 Å². The number of aryl methyl sites for hydroxylation is 2. The molecule has 0 aliphatic carbocycles. The molecule has 142 valence electrons. The van der Waals surface area contributed by atoms with Crippen molar-refractivity contribution in [3.05, 3.63) is 95.3 Å². The van der Waals surface area contributed by atoms with E-state index in [0.717, 1.165) is 23.2 Å². The van der Waals surface area contributed by atoms with Crippen LogP contribution in [0.15, 0.2) is 78.0 Å². The molecule has 5 nitrogen and oxygen atoms in total. The normalized spacial score (nSPS) is 11.1. The number of guanidine groups is 1. The Labute approximate surface area is 165 Å². The molecular weight excluding hydrogens is 348 g/mol. The number of carbonyl (C=O) groups excluding carboxylic acids is 1. The van der Waals surface area contributed by atoms with E-state index in [2.05, 4.69) is 39.7 Å². The fourth-order valence-corrected chi connectivity index (χ4v) is 2.73. The molecule has 5 heteroatoms. The number of aliphatic imine (C=N–C) groups is 1. The van der Waals surface area contributed by atoms with Crippen LogP contribution in [0.4, 0.5) is 5.69 Å². The molecule has 2 N–H and O–H groups in total. The minimum absolute atomic E-state index is 0.191. The molecule has 0 unspecified atom stereocenters. The predicted molar refractivity (Wildman–Crippen MR) is 113 cm³/mol. The monoisotopic (exact) mass is 372 g/mol. The molecule has 0 spiro atoms. The lowest BCUT2D eigenvalue weighted by molar-refractivity contribution is 0.0976. The Morgan fingerprint density at radius 3 is 2.36 bits per heavy atom. The third kappa shape index (κ3) is 5.27. The van der Waals surface area contributed by atoms with Crippen molar-refractivity contribution in [3.63, 3.8) is 0 Å². The van der Waals surface area contributed by atoms with E-state index in [0.29, 0.717) is 18.1 Å². The summed E-state index contributed by atoms with van der Waals surface area (Å²) >= 11 is 0. The maximum atomic E-state index is 12.7. The zero-order valence-electron chi connectivity index (χ0n) is 16.1. The summed E-state index contributed by atoms with van der Waals surface area (Å²) in [5.41, 5.74) is 4.68. The number of hydrogen-bond donors (Lipinski definition) is 2. The Hall–Kier alpha value is -3.47. The molecule has 1 aromatic heterocycles. The number of pyridine rings is 1. The van der Waals surface area contributed by atoms with Crippen molar-refractivity contribution in [2.75, 3.05) is 5.32 Å². The molecular formula is C23H24N4O. The van der Waals surface area contributed by atoms with Gasteiger partial charge in [0, 0.05) is 23.6 Å². The highest BCUT2D eigenvalue weighted by Gasteiger charge is 2.11. The second kappa shape index (κ2) is 9.46. The van der Waals surface area contributed by atoms with Crippen LogP contribution in [-0.2, 0) is 13.0 Å². The molecule has 0 radical (unpaired) electrons. The summed E-state index contributed by atoms with van der Waals surface area (Å²) < 4.78 is 0. The first kappa shape index (κ1) is 19.3. The number of anilines is 1. The lowest BCUT2D eigenvalue weighted by Gasteiger charge is -2.13. The lowest BCUT2D eigenvalue weighted by Crippen LogP contribution is -2.36. The van der Waals surface area contributed by atoms with Crippen LogP contribution in [0.25, 0.3) is 0 Å². The standard InChI is InChI=1S/C23H24N4O/c1-3-18-8-10-20(11-9-18)26-23(25-16-19-12-14-24-15-13-19)27-22(28)21-7-5-4-6-17(21)2/h4-15H,3,16H2,1-2H3,(H2,25,26,27,28). The number of nitrogens with zero attached hydrogens (tertiary/aromatic N) is 2. The minimum atomic E-state index is -0.191. The van der Waals surface area contributed by atoms with E-state index in [1.54, 1.807) is 18.5 Å². The lowest BCUT2D eigenvalue weighted by atomic mass is 10.1. The van der Waals surface area contributed by atoms with Crippen LogP contribution in [0.2, 0.25) is 0 Å². The van der Waals surface area contributed by atoms with Gasteiger partial charge in [0.05, 0.1) is 6.54 Å². The molecule has 0 saturated heterocycles. The maximum Gasteiger partial charge on any atom is 0.258 e. The van der Waals surface area contributed by atoms with Crippen molar-refractivity contribution < 1.29 is 4.79 Å². The number of rotatable bonds is 5. The van der Waals surface area contributed by atoms with Crippen LogP contribution in [-0.4, -0.2) is 16.9 Å². The van der Waals surface area contributed by atoms with Gasteiger partial charge in [0.25, 0.3) is 5.91 Å². The van der Waals surface area contributed by atoms with Crippen molar-refractivity contribution >= 4 is 17.6 Å². The third-order valence-electron chi connectivity index (χ3n) is 4.42. The molecule has 0 aliphatic heterocycles. The fourth-order valence-electron chi connectivity index (χ4n) is 2.73. The summed E-state index contributed by atoms with van der Waals surface area (Å²) in [4.78, 5) is 21.3. The number of amides is 1. The van der Waals surface area contributed by atoms with Crippen molar-refractivity contribution in [1.29, 1.82) is 0 Å². The molecule has 3 aromatic rings. The second-order valence-electron chi connectivity index (χ2n) is 6.46. The Bertz CT molecular complexity index is 950. The van der Waals surface area contributed by atoms with Gasteiger partial charge in [-0.3, -0.25) is 15.1 Å². The highest BCUT2D eigenvalue weighted by molar-refractivity contribution is 6.10. The summed E-state index contributed by atoms with van der Waals surface area (Å²) in [6.45, 7) is 4.47. The number of nitrogens with one attached hydrogen (secondary N) is 2. The van der Waals surface area contributed by atoms with Gasteiger partial charge in [-0.25, -0.2) is 4.99 Å². The zero-order chi connectivity index (χ0) is 19.8. The fraction of sp³-hybridized carbons (Fsp3) is 0.174. The van der Waals surface area contributed by atoms with Crippen molar-refractivity contribution in [1.82, 2.24) is 10.3 Å². The average molecular weight is 372 g/mol. The van der Waals surface area contributed by atoms with Crippen LogP contribution in [0.5, 0.6) is 0 Å². The number of carbonyl (C=O) groups is 1.